The molecule has 1 N–H and O–H groups in total. The fourth-order valence-corrected chi connectivity index (χ4v) is 3.18. The molecule has 0 aliphatic carbocycles. The number of rotatable bonds is 6. The molecular weight excluding hydrogens is 354 g/mol. The number of nitrogens with zero attached hydrogens (tertiary/aromatic N) is 2. The molecule has 0 bridgehead atoms. The first kappa shape index (κ1) is 19.6. The number of carbonyl (C=O) groups is 3. The molecule has 6 heteroatoms. The van der Waals surface area contributed by atoms with Gasteiger partial charge < -0.3 is 15.1 Å². The van der Waals surface area contributed by atoms with E-state index in [1.165, 1.54) is 9.80 Å². The summed E-state index contributed by atoms with van der Waals surface area (Å²) in [5.41, 5.74) is 4.25. The normalized spacial score (nSPS) is 14.4. The number of aryl methyl sites for hydroxylation is 2. The fraction of sp³-hybridized carbons (Fsp3) is 0.318. The fourth-order valence-electron chi connectivity index (χ4n) is 3.18. The van der Waals surface area contributed by atoms with Crippen LogP contribution >= 0.6 is 0 Å². The zero-order valence-electron chi connectivity index (χ0n) is 16.3. The van der Waals surface area contributed by atoms with Gasteiger partial charge in [-0.15, -0.1) is 0 Å². The Morgan fingerprint density at radius 2 is 1.57 bits per heavy atom. The molecule has 1 aliphatic heterocycles. The van der Waals surface area contributed by atoms with Gasteiger partial charge in [0, 0.05) is 26.2 Å². The van der Waals surface area contributed by atoms with Gasteiger partial charge in [-0.1, -0.05) is 59.7 Å². The maximum Gasteiger partial charge on any atom is 0.312 e. The second kappa shape index (κ2) is 8.69. The number of benzene rings is 2. The van der Waals surface area contributed by atoms with E-state index < -0.39 is 11.8 Å². The highest BCUT2D eigenvalue weighted by molar-refractivity contribution is 6.35. The van der Waals surface area contributed by atoms with E-state index >= 15 is 0 Å². The third-order valence-corrected chi connectivity index (χ3v) is 4.80. The van der Waals surface area contributed by atoms with E-state index in [1.54, 1.807) is 0 Å². The summed E-state index contributed by atoms with van der Waals surface area (Å²) in [4.78, 5) is 39.9. The Balaban J connectivity index is 1.51. The molecule has 0 unspecified atom stereocenters. The zero-order valence-corrected chi connectivity index (χ0v) is 16.3. The number of hydrogen-bond donors (Lipinski definition) is 1. The molecule has 6 nitrogen and oxygen atoms in total. The zero-order chi connectivity index (χ0) is 20.1. The van der Waals surface area contributed by atoms with Gasteiger partial charge in [0.15, 0.2) is 0 Å². The lowest BCUT2D eigenvalue weighted by Gasteiger charge is -2.33. The molecular formula is C22H25N3O3. The third kappa shape index (κ3) is 4.97. The van der Waals surface area contributed by atoms with Crippen LogP contribution in [0.25, 0.3) is 0 Å². The Bertz CT molecular complexity index is 877. The lowest BCUT2D eigenvalue weighted by Crippen LogP contribution is -2.55. The summed E-state index contributed by atoms with van der Waals surface area (Å²) in [5.74, 6) is -1.45. The van der Waals surface area contributed by atoms with Crippen LogP contribution in [0.2, 0.25) is 0 Å². The Kier molecular flexibility index (Phi) is 6.09. The highest BCUT2D eigenvalue weighted by Gasteiger charge is 2.33. The van der Waals surface area contributed by atoms with Crippen LogP contribution in [0, 0.1) is 13.8 Å². The van der Waals surface area contributed by atoms with Crippen molar-refractivity contribution in [2.24, 2.45) is 0 Å². The predicted octanol–water partition coefficient (Wildman–Crippen LogP) is 1.79. The van der Waals surface area contributed by atoms with Crippen molar-refractivity contribution in [2.75, 3.05) is 19.6 Å². The average Bonchev–Trinajstić information content (AvgIpc) is 2.67. The van der Waals surface area contributed by atoms with E-state index in [-0.39, 0.29) is 12.5 Å². The molecule has 0 aromatic heterocycles. The minimum Gasteiger partial charge on any atom is -0.350 e. The summed E-state index contributed by atoms with van der Waals surface area (Å²) in [6.45, 7) is 5.47. The van der Waals surface area contributed by atoms with E-state index in [4.69, 9.17) is 0 Å². The number of hydrogen-bond acceptors (Lipinski definition) is 3. The maximum atomic E-state index is 12.4. The number of piperazine rings is 1. The van der Waals surface area contributed by atoms with Crippen molar-refractivity contribution in [3.63, 3.8) is 0 Å². The van der Waals surface area contributed by atoms with E-state index in [1.807, 2.05) is 62.4 Å². The monoisotopic (exact) mass is 379 g/mol. The van der Waals surface area contributed by atoms with Crippen LogP contribution < -0.4 is 5.32 Å². The summed E-state index contributed by atoms with van der Waals surface area (Å²) in [6.07, 6.45) is 0. The van der Waals surface area contributed by atoms with Crippen LogP contribution in [0.15, 0.2) is 48.5 Å². The summed E-state index contributed by atoms with van der Waals surface area (Å²) in [7, 11) is 0. The van der Waals surface area contributed by atoms with Crippen molar-refractivity contribution in [1.82, 2.24) is 15.1 Å². The van der Waals surface area contributed by atoms with E-state index in [0.29, 0.717) is 26.2 Å². The van der Waals surface area contributed by atoms with Crippen LogP contribution in [0.5, 0.6) is 0 Å². The predicted molar refractivity (Wildman–Crippen MR) is 106 cm³/mol. The highest BCUT2D eigenvalue weighted by Crippen LogP contribution is 2.12. The first-order chi connectivity index (χ1) is 13.4. The molecule has 146 valence electrons. The van der Waals surface area contributed by atoms with Gasteiger partial charge in [0.2, 0.25) is 5.91 Å². The van der Waals surface area contributed by atoms with E-state index in [9.17, 15) is 14.4 Å². The van der Waals surface area contributed by atoms with Crippen LogP contribution in [-0.4, -0.2) is 47.2 Å². The van der Waals surface area contributed by atoms with Gasteiger partial charge in [0.25, 0.3) is 0 Å². The Labute approximate surface area is 165 Å². The van der Waals surface area contributed by atoms with Gasteiger partial charge in [0.1, 0.15) is 6.54 Å². The summed E-state index contributed by atoms with van der Waals surface area (Å²) in [5, 5.41) is 2.80. The van der Waals surface area contributed by atoms with Gasteiger partial charge in [-0.05, 0) is 25.0 Å². The topological polar surface area (TPSA) is 69.7 Å². The van der Waals surface area contributed by atoms with Crippen molar-refractivity contribution < 1.29 is 14.4 Å². The van der Waals surface area contributed by atoms with Gasteiger partial charge in [-0.2, -0.15) is 0 Å². The minimum absolute atomic E-state index is 0.102. The van der Waals surface area contributed by atoms with Gasteiger partial charge >= 0.3 is 11.8 Å². The second-order valence-corrected chi connectivity index (χ2v) is 7.20. The number of amides is 3. The molecule has 3 amide bonds. The second-order valence-electron chi connectivity index (χ2n) is 7.20. The molecule has 0 spiro atoms. The van der Waals surface area contributed by atoms with Gasteiger partial charge in [0.05, 0.1) is 0 Å². The molecule has 1 heterocycles. The molecule has 1 saturated heterocycles. The van der Waals surface area contributed by atoms with Crippen molar-refractivity contribution in [3.05, 3.63) is 70.8 Å². The third-order valence-electron chi connectivity index (χ3n) is 4.80. The molecule has 0 saturated carbocycles. The molecule has 2 aromatic rings. The molecule has 3 rings (SSSR count). The van der Waals surface area contributed by atoms with Crippen LogP contribution in [0.1, 0.15) is 22.3 Å². The first-order valence-corrected chi connectivity index (χ1v) is 9.38. The van der Waals surface area contributed by atoms with Crippen LogP contribution in [-0.2, 0) is 27.5 Å². The van der Waals surface area contributed by atoms with Crippen molar-refractivity contribution >= 4 is 17.7 Å². The SMILES string of the molecule is Cc1ccc(CNC(=O)CN2CCN(Cc3cccc(C)c3)C(=O)C2=O)cc1. The van der Waals surface area contributed by atoms with Crippen molar-refractivity contribution in [1.29, 1.82) is 0 Å². The van der Waals surface area contributed by atoms with Crippen molar-refractivity contribution in [2.45, 2.75) is 26.9 Å². The summed E-state index contributed by atoms with van der Waals surface area (Å²) >= 11 is 0. The number of carbonyl (C=O) groups excluding carboxylic acids is 3. The molecule has 0 atom stereocenters. The largest absolute Gasteiger partial charge is 0.350 e. The number of nitrogens with one attached hydrogen (secondary N) is 1. The van der Waals surface area contributed by atoms with Crippen LogP contribution in [0.4, 0.5) is 0 Å². The standard InChI is InChI=1S/C22H25N3O3/c1-16-6-8-18(9-7-16)13-23-20(26)15-25-11-10-24(21(27)22(25)28)14-19-5-3-4-17(2)12-19/h3-9,12H,10-11,13-15H2,1-2H3,(H,23,26). The van der Waals surface area contributed by atoms with E-state index in [2.05, 4.69) is 5.32 Å². The Morgan fingerprint density at radius 1 is 0.893 bits per heavy atom. The molecule has 1 fully saturated rings. The van der Waals surface area contributed by atoms with Crippen molar-refractivity contribution in [3.8, 4) is 0 Å². The minimum atomic E-state index is -0.621. The van der Waals surface area contributed by atoms with Gasteiger partial charge in [-0.3, -0.25) is 14.4 Å². The average molecular weight is 379 g/mol. The molecule has 28 heavy (non-hydrogen) atoms. The lowest BCUT2D eigenvalue weighted by atomic mass is 10.1. The quantitative estimate of drug-likeness (QED) is 0.778. The Hall–Kier alpha value is -3.15. The van der Waals surface area contributed by atoms with Gasteiger partial charge in [-0.25, -0.2) is 0 Å². The summed E-state index contributed by atoms with van der Waals surface area (Å²) < 4.78 is 0. The lowest BCUT2D eigenvalue weighted by molar-refractivity contribution is -0.157. The molecule has 0 radical (unpaired) electrons. The highest BCUT2D eigenvalue weighted by atomic mass is 16.2. The van der Waals surface area contributed by atoms with E-state index in [0.717, 1.165) is 22.3 Å². The maximum absolute atomic E-state index is 12.4. The summed E-state index contributed by atoms with van der Waals surface area (Å²) in [6, 6.07) is 15.7. The molecule has 2 aromatic carbocycles. The molecule has 1 aliphatic rings. The smallest absolute Gasteiger partial charge is 0.312 e. The van der Waals surface area contributed by atoms with Crippen LogP contribution in [0.3, 0.4) is 0 Å². The first-order valence-electron chi connectivity index (χ1n) is 9.38. The Morgan fingerprint density at radius 3 is 2.29 bits per heavy atom.